The summed E-state index contributed by atoms with van der Waals surface area (Å²) in [6.45, 7) is 3.20. The first-order valence-electron chi connectivity index (χ1n) is 7.57. The zero-order valence-electron chi connectivity index (χ0n) is 12.4. The number of hydrogen-bond acceptors (Lipinski definition) is 6. The smallest absolute Gasteiger partial charge is 0.268 e. The Bertz CT molecular complexity index is 756. The quantitative estimate of drug-likeness (QED) is 0.933. The number of nitrogens with zero attached hydrogens (tertiary/aromatic N) is 4. The van der Waals surface area contributed by atoms with Crippen LogP contribution in [0.2, 0.25) is 0 Å². The van der Waals surface area contributed by atoms with Crippen molar-refractivity contribution in [3.63, 3.8) is 0 Å². The second kappa shape index (κ2) is 5.01. The number of carbonyl (C=O) groups excluding carboxylic acids is 1. The number of rotatable bonds is 3. The van der Waals surface area contributed by atoms with E-state index in [-0.39, 0.29) is 0 Å². The number of primary amides is 1. The van der Waals surface area contributed by atoms with E-state index in [1.54, 1.807) is 6.07 Å². The van der Waals surface area contributed by atoms with E-state index in [1.165, 1.54) is 23.5 Å². The third kappa shape index (κ3) is 2.08. The van der Waals surface area contributed by atoms with Gasteiger partial charge in [-0.2, -0.15) is 4.37 Å². The van der Waals surface area contributed by atoms with Gasteiger partial charge in [0.1, 0.15) is 5.69 Å². The summed E-state index contributed by atoms with van der Waals surface area (Å²) in [6.07, 6.45) is 4.28. The SMILES string of the molecule is C[C@H]1CCN1c1nc2c(c(-c3cc(C(N)=O)ns3)n1)CCC2. The molecule has 4 rings (SSSR count). The first-order chi connectivity index (χ1) is 10.6. The van der Waals surface area contributed by atoms with Crippen molar-refractivity contribution in [2.24, 2.45) is 5.73 Å². The second-order valence-electron chi connectivity index (χ2n) is 5.92. The topological polar surface area (TPSA) is 85.0 Å². The molecule has 1 atom stereocenters. The van der Waals surface area contributed by atoms with E-state index in [2.05, 4.69) is 16.2 Å². The molecular weight excluding hydrogens is 298 g/mol. The fraction of sp³-hybridized carbons (Fsp3) is 0.467. The summed E-state index contributed by atoms with van der Waals surface area (Å²) < 4.78 is 4.13. The molecule has 0 aromatic carbocycles. The number of amides is 1. The third-order valence-corrected chi connectivity index (χ3v) is 5.29. The highest BCUT2D eigenvalue weighted by atomic mass is 32.1. The lowest BCUT2D eigenvalue weighted by Gasteiger charge is -2.39. The van der Waals surface area contributed by atoms with Crippen molar-refractivity contribution < 1.29 is 4.79 Å². The van der Waals surface area contributed by atoms with Gasteiger partial charge in [0.15, 0.2) is 0 Å². The molecule has 2 aromatic heterocycles. The van der Waals surface area contributed by atoms with Crippen LogP contribution in [0.25, 0.3) is 10.6 Å². The van der Waals surface area contributed by atoms with Crippen LogP contribution in [0.3, 0.4) is 0 Å². The number of fused-ring (bicyclic) bond motifs is 1. The van der Waals surface area contributed by atoms with Gasteiger partial charge in [0.2, 0.25) is 5.95 Å². The molecule has 7 heteroatoms. The molecule has 114 valence electrons. The largest absolute Gasteiger partial charge is 0.364 e. The van der Waals surface area contributed by atoms with Crippen molar-refractivity contribution in [2.45, 2.75) is 38.6 Å². The Morgan fingerprint density at radius 2 is 2.27 bits per heavy atom. The molecule has 2 aromatic rings. The minimum atomic E-state index is -0.496. The number of aromatic nitrogens is 3. The average Bonchev–Trinajstić information content (AvgIpc) is 3.13. The highest BCUT2D eigenvalue weighted by molar-refractivity contribution is 7.09. The molecular formula is C15H17N5OS. The Hall–Kier alpha value is -2.02. The molecule has 0 unspecified atom stereocenters. The Morgan fingerprint density at radius 3 is 2.91 bits per heavy atom. The number of anilines is 1. The van der Waals surface area contributed by atoms with Crippen LogP contribution in [-0.2, 0) is 12.8 Å². The maximum atomic E-state index is 11.3. The van der Waals surface area contributed by atoms with E-state index < -0.39 is 5.91 Å². The van der Waals surface area contributed by atoms with Crippen molar-refractivity contribution in [1.82, 2.24) is 14.3 Å². The molecule has 22 heavy (non-hydrogen) atoms. The van der Waals surface area contributed by atoms with Gasteiger partial charge in [-0.05, 0) is 50.2 Å². The first-order valence-corrected chi connectivity index (χ1v) is 8.34. The minimum Gasteiger partial charge on any atom is -0.364 e. The van der Waals surface area contributed by atoms with Crippen molar-refractivity contribution in [2.75, 3.05) is 11.4 Å². The minimum absolute atomic E-state index is 0.309. The van der Waals surface area contributed by atoms with Crippen molar-refractivity contribution in [3.05, 3.63) is 23.0 Å². The van der Waals surface area contributed by atoms with Gasteiger partial charge >= 0.3 is 0 Å². The van der Waals surface area contributed by atoms with E-state index in [0.29, 0.717) is 11.7 Å². The maximum Gasteiger partial charge on any atom is 0.268 e. The fourth-order valence-electron chi connectivity index (χ4n) is 3.07. The number of carbonyl (C=O) groups is 1. The Labute approximate surface area is 132 Å². The van der Waals surface area contributed by atoms with Crippen LogP contribution in [0.1, 0.15) is 41.5 Å². The van der Waals surface area contributed by atoms with E-state index in [4.69, 9.17) is 15.7 Å². The van der Waals surface area contributed by atoms with Crippen LogP contribution in [0.15, 0.2) is 6.07 Å². The van der Waals surface area contributed by atoms with Crippen molar-refractivity contribution in [3.8, 4) is 10.6 Å². The normalized spacial score (nSPS) is 19.9. The van der Waals surface area contributed by atoms with Crippen LogP contribution < -0.4 is 10.6 Å². The highest BCUT2D eigenvalue weighted by Crippen LogP contribution is 2.35. The summed E-state index contributed by atoms with van der Waals surface area (Å²) in [5.74, 6) is 0.313. The zero-order chi connectivity index (χ0) is 15.3. The van der Waals surface area contributed by atoms with Gasteiger partial charge in [-0.3, -0.25) is 4.79 Å². The molecule has 1 saturated heterocycles. The number of aryl methyl sites for hydroxylation is 1. The van der Waals surface area contributed by atoms with Gasteiger partial charge < -0.3 is 10.6 Å². The molecule has 2 aliphatic rings. The lowest BCUT2D eigenvalue weighted by atomic mass is 10.1. The molecule has 1 amide bonds. The Balaban J connectivity index is 1.81. The van der Waals surface area contributed by atoms with E-state index in [1.807, 2.05) is 0 Å². The molecule has 2 N–H and O–H groups in total. The van der Waals surface area contributed by atoms with Crippen molar-refractivity contribution >= 4 is 23.4 Å². The van der Waals surface area contributed by atoms with Crippen molar-refractivity contribution in [1.29, 1.82) is 0 Å². The second-order valence-corrected chi connectivity index (χ2v) is 6.73. The molecule has 0 spiro atoms. The van der Waals surface area contributed by atoms with Crippen LogP contribution in [0, 0.1) is 0 Å². The molecule has 1 aliphatic heterocycles. The lowest BCUT2D eigenvalue weighted by molar-refractivity contribution is 0.0996. The Morgan fingerprint density at radius 1 is 1.41 bits per heavy atom. The van der Waals surface area contributed by atoms with Gasteiger partial charge in [0.05, 0.1) is 10.6 Å². The van der Waals surface area contributed by atoms with Gasteiger partial charge in [-0.25, -0.2) is 9.97 Å². The van der Waals surface area contributed by atoms with Crippen LogP contribution >= 0.6 is 11.5 Å². The maximum absolute atomic E-state index is 11.3. The zero-order valence-corrected chi connectivity index (χ0v) is 13.2. The highest BCUT2D eigenvalue weighted by Gasteiger charge is 2.29. The number of hydrogen-bond donors (Lipinski definition) is 1. The van der Waals surface area contributed by atoms with Crippen LogP contribution in [-0.4, -0.2) is 32.8 Å². The monoisotopic (exact) mass is 315 g/mol. The summed E-state index contributed by atoms with van der Waals surface area (Å²) in [7, 11) is 0. The summed E-state index contributed by atoms with van der Waals surface area (Å²) >= 11 is 1.28. The Kier molecular flexibility index (Phi) is 3.11. The molecule has 6 nitrogen and oxygen atoms in total. The van der Waals surface area contributed by atoms with E-state index in [9.17, 15) is 4.79 Å². The van der Waals surface area contributed by atoms with E-state index in [0.717, 1.165) is 48.0 Å². The van der Waals surface area contributed by atoms with Gasteiger partial charge in [-0.1, -0.05) is 0 Å². The average molecular weight is 315 g/mol. The predicted octanol–water partition coefficient (Wildman–Crippen LogP) is 1.79. The van der Waals surface area contributed by atoms with Gasteiger partial charge in [0.25, 0.3) is 5.91 Å². The summed E-state index contributed by atoms with van der Waals surface area (Å²) in [5, 5.41) is 0. The molecule has 0 radical (unpaired) electrons. The van der Waals surface area contributed by atoms with E-state index >= 15 is 0 Å². The third-order valence-electron chi connectivity index (χ3n) is 4.49. The molecule has 3 heterocycles. The van der Waals surface area contributed by atoms with Gasteiger partial charge in [0, 0.05) is 23.8 Å². The van der Waals surface area contributed by atoms with Gasteiger partial charge in [-0.15, -0.1) is 0 Å². The van der Waals surface area contributed by atoms with Crippen LogP contribution in [0.4, 0.5) is 5.95 Å². The molecule has 1 fully saturated rings. The van der Waals surface area contributed by atoms with Crippen LogP contribution in [0.5, 0.6) is 0 Å². The summed E-state index contributed by atoms with van der Waals surface area (Å²) in [5.41, 5.74) is 8.90. The first kappa shape index (κ1) is 13.6. The summed E-state index contributed by atoms with van der Waals surface area (Å²) in [4.78, 5) is 24.0. The number of nitrogens with two attached hydrogens (primary N) is 1. The predicted molar refractivity (Wildman–Crippen MR) is 85.1 cm³/mol. The standard InChI is InChI=1S/C15H17N5OS/c1-8-5-6-20(8)15-17-10-4-2-3-9(10)13(18-15)12-7-11(14(16)21)19-22-12/h7-8H,2-6H2,1H3,(H2,16,21)/t8-/m0/s1. The lowest BCUT2D eigenvalue weighted by Crippen LogP contribution is -2.46. The molecule has 0 bridgehead atoms. The summed E-state index contributed by atoms with van der Waals surface area (Å²) in [6, 6.07) is 2.24. The fourth-order valence-corrected chi connectivity index (χ4v) is 3.83. The molecule has 1 aliphatic carbocycles. The molecule has 0 saturated carbocycles.